The smallest absolute Gasteiger partial charge is 0.330 e. The summed E-state index contributed by atoms with van der Waals surface area (Å²) in [6.45, 7) is 2.14. The van der Waals surface area contributed by atoms with Crippen LogP contribution in [0.5, 0.6) is 0 Å². The molecule has 0 saturated carbocycles. The Morgan fingerprint density at radius 2 is 2.50 bits per heavy atom. The molecule has 0 unspecified atom stereocenters. The van der Waals surface area contributed by atoms with E-state index in [1.54, 1.807) is 31.7 Å². The Morgan fingerprint density at radius 1 is 1.62 bits per heavy atom. The summed E-state index contributed by atoms with van der Waals surface area (Å²) in [6.07, 6.45) is 7.96. The Kier molecular flexibility index (Phi) is 3.00. The van der Waals surface area contributed by atoms with Crippen LogP contribution in [0.3, 0.4) is 0 Å². The van der Waals surface area contributed by atoms with Crippen molar-refractivity contribution in [3.05, 3.63) is 36.4 Å². The van der Waals surface area contributed by atoms with E-state index in [0.717, 1.165) is 10.9 Å². The van der Waals surface area contributed by atoms with E-state index in [9.17, 15) is 4.79 Å². The zero-order chi connectivity index (χ0) is 11.4. The Balaban J connectivity index is 2.24. The molecule has 2 heterocycles. The lowest BCUT2D eigenvalue weighted by molar-refractivity contribution is -0.137. The summed E-state index contributed by atoms with van der Waals surface area (Å²) < 4.78 is 10.1. The average Bonchev–Trinajstić information content (AvgIpc) is 2.70. The second-order valence-corrected chi connectivity index (χ2v) is 3.15. The van der Waals surface area contributed by atoms with Gasteiger partial charge < -0.3 is 9.15 Å². The van der Waals surface area contributed by atoms with Crippen LogP contribution in [-0.2, 0) is 9.53 Å². The van der Waals surface area contributed by atoms with Crippen LogP contribution >= 0.6 is 0 Å². The highest BCUT2D eigenvalue weighted by atomic mass is 16.5. The van der Waals surface area contributed by atoms with Gasteiger partial charge in [-0.15, -0.1) is 0 Å². The van der Waals surface area contributed by atoms with Crippen molar-refractivity contribution in [2.24, 2.45) is 0 Å². The molecule has 82 valence electrons. The zero-order valence-corrected chi connectivity index (χ0v) is 8.84. The van der Waals surface area contributed by atoms with Crippen LogP contribution in [0.1, 0.15) is 12.5 Å². The maximum Gasteiger partial charge on any atom is 0.330 e. The standard InChI is InChI=1S/C12H11NO3/c1-2-15-12(14)4-3-9-8-16-11-7-13-6-5-10(9)11/h3-8H,2H2,1H3/b4-3+. The number of carbonyl (C=O) groups excluding carboxylic acids is 1. The molecular weight excluding hydrogens is 206 g/mol. The molecule has 0 fully saturated rings. The molecule has 0 N–H and O–H groups in total. The minimum absolute atomic E-state index is 0.356. The molecule has 0 spiro atoms. The van der Waals surface area contributed by atoms with Crippen molar-refractivity contribution in [3.8, 4) is 0 Å². The Hall–Kier alpha value is -2.10. The van der Waals surface area contributed by atoms with Gasteiger partial charge in [0, 0.05) is 23.2 Å². The Bertz CT molecular complexity index is 528. The second kappa shape index (κ2) is 4.61. The van der Waals surface area contributed by atoms with E-state index in [2.05, 4.69) is 4.98 Å². The van der Waals surface area contributed by atoms with Crippen LogP contribution in [0, 0.1) is 0 Å². The molecule has 0 bridgehead atoms. The van der Waals surface area contributed by atoms with Crippen molar-refractivity contribution < 1.29 is 13.9 Å². The van der Waals surface area contributed by atoms with Gasteiger partial charge in [-0.05, 0) is 19.1 Å². The lowest BCUT2D eigenvalue weighted by Crippen LogP contribution is -1.98. The van der Waals surface area contributed by atoms with E-state index in [-0.39, 0.29) is 5.97 Å². The van der Waals surface area contributed by atoms with Gasteiger partial charge in [-0.2, -0.15) is 0 Å². The molecule has 4 nitrogen and oxygen atoms in total. The molecule has 0 aromatic carbocycles. The van der Waals surface area contributed by atoms with Crippen LogP contribution in [0.2, 0.25) is 0 Å². The topological polar surface area (TPSA) is 52.3 Å². The van der Waals surface area contributed by atoms with E-state index in [1.807, 2.05) is 6.07 Å². The number of esters is 1. The van der Waals surface area contributed by atoms with Gasteiger partial charge in [-0.3, -0.25) is 4.98 Å². The van der Waals surface area contributed by atoms with Gasteiger partial charge in [0.25, 0.3) is 0 Å². The molecule has 0 amide bonds. The van der Waals surface area contributed by atoms with Crippen LogP contribution in [0.15, 0.2) is 35.2 Å². The fraction of sp³-hybridized carbons (Fsp3) is 0.167. The zero-order valence-electron chi connectivity index (χ0n) is 8.84. The molecule has 0 aliphatic heterocycles. The maximum atomic E-state index is 11.1. The van der Waals surface area contributed by atoms with Crippen LogP contribution in [-0.4, -0.2) is 17.6 Å². The molecule has 16 heavy (non-hydrogen) atoms. The number of ether oxygens (including phenoxy) is 1. The van der Waals surface area contributed by atoms with Crippen molar-refractivity contribution >= 4 is 23.0 Å². The third kappa shape index (κ3) is 2.11. The summed E-state index contributed by atoms with van der Waals surface area (Å²) in [5, 5.41) is 0.926. The minimum Gasteiger partial charge on any atom is -0.463 e. The number of fused-ring (bicyclic) bond motifs is 1. The molecule has 0 atom stereocenters. The van der Waals surface area contributed by atoms with Gasteiger partial charge in [0.2, 0.25) is 0 Å². The first kappa shape index (κ1) is 10.4. The quantitative estimate of drug-likeness (QED) is 0.585. The Labute approximate surface area is 92.5 Å². The van der Waals surface area contributed by atoms with Crippen molar-refractivity contribution in [1.82, 2.24) is 4.98 Å². The predicted octanol–water partition coefficient (Wildman–Crippen LogP) is 2.40. The van der Waals surface area contributed by atoms with Gasteiger partial charge in [-0.25, -0.2) is 4.79 Å². The van der Waals surface area contributed by atoms with E-state index >= 15 is 0 Å². The number of aromatic nitrogens is 1. The average molecular weight is 217 g/mol. The number of hydrogen-bond donors (Lipinski definition) is 0. The van der Waals surface area contributed by atoms with Crippen LogP contribution in [0.4, 0.5) is 0 Å². The van der Waals surface area contributed by atoms with Crippen molar-refractivity contribution in [2.45, 2.75) is 6.92 Å². The van der Waals surface area contributed by atoms with Crippen molar-refractivity contribution in [3.63, 3.8) is 0 Å². The monoisotopic (exact) mass is 217 g/mol. The van der Waals surface area contributed by atoms with Crippen molar-refractivity contribution in [1.29, 1.82) is 0 Å². The highest BCUT2D eigenvalue weighted by Crippen LogP contribution is 2.20. The number of rotatable bonds is 3. The molecule has 2 aromatic rings. The summed E-state index contributed by atoms with van der Waals surface area (Å²) in [6, 6.07) is 1.84. The second-order valence-electron chi connectivity index (χ2n) is 3.15. The number of furan rings is 1. The number of nitrogens with zero attached hydrogens (tertiary/aromatic N) is 1. The molecule has 0 saturated heterocycles. The van der Waals surface area contributed by atoms with Crippen molar-refractivity contribution in [2.75, 3.05) is 6.61 Å². The largest absolute Gasteiger partial charge is 0.463 e. The molecule has 0 aliphatic rings. The fourth-order valence-corrected chi connectivity index (χ4v) is 1.38. The molecule has 0 radical (unpaired) electrons. The summed E-state index contributed by atoms with van der Waals surface area (Å²) >= 11 is 0. The first-order chi connectivity index (χ1) is 7.81. The highest BCUT2D eigenvalue weighted by molar-refractivity contribution is 5.92. The Morgan fingerprint density at radius 3 is 3.31 bits per heavy atom. The number of carbonyl (C=O) groups is 1. The highest BCUT2D eigenvalue weighted by Gasteiger charge is 2.02. The minimum atomic E-state index is -0.356. The molecular formula is C12H11NO3. The van der Waals surface area contributed by atoms with E-state index in [4.69, 9.17) is 9.15 Å². The van der Waals surface area contributed by atoms with Gasteiger partial charge in [-0.1, -0.05) is 0 Å². The molecule has 4 heteroatoms. The summed E-state index contributed by atoms with van der Waals surface area (Å²) in [5.74, 6) is -0.356. The normalized spacial score (nSPS) is 11.1. The lowest BCUT2D eigenvalue weighted by atomic mass is 10.2. The SMILES string of the molecule is CCOC(=O)/C=C/c1coc2cnccc12. The van der Waals surface area contributed by atoms with Gasteiger partial charge in [0.1, 0.15) is 0 Å². The van der Waals surface area contributed by atoms with Gasteiger partial charge in [0.15, 0.2) is 5.58 Å². The predicted molar refractivity (Wildman–Crippen MR) is 59.7 cm³/mol. The van der Waals surface area contributed by atoms with Crippen LogP contribution in [0.25, 0.3) is 17.0 Å². The number of hydrogen-bond acceptors (Lipinski definition) is 4. The third-order valence-corrected chi connectivity index (χ3v) is 2.09. The third-order valence-electron chi connectivity index (χ3n) is 2.09. The molecule has 2 aromatic heterocycles. The van der Waals surface area contributed by atoms with Gasteiger partial charge >= 0.3 is 5.97 Å². The van der Waals surface area contributed by atoms with Crippen LogP contribution < -0.4 is 0 Å². The van der Waals surface area contributed by atoms with E-state index < -0.39 is 0 Å². The maximum absolute atomic E-state index is 11.1. The number of pyridine rings is 1. The first-order valence-electron chi connectivity index (χ1n) is 4.97. The summed E-state index contributed by atoms with van der Waals surface area (Å²) in [7, 11) is 0. The summed E-state index contributed by atoms with van der Waals surface area (Å²) in [5.41, 5.74) is 1.54. The van der Waals surface area contributed by atoms with E-state index in [1.165, 1.54) is 6.08 Å². The first-order valence-corrected chi connectivity index (χ1v) is 4.97. The lowest BCUT2D eigenvalue weighted by Gasteiger charge is -1.93. The van der Waals surface area contributed by atoms with E-state index in [0.29, 0.717) is 12.2 Å². The molecule has 2 rings (SSSR count). The van der Waals surface area contributed by atoms with Gasteiger partial charge in [0.05, 0.1) is 19.1 Å². The molecule has 0 aliphatic carbocycles. The summed E-state index contributed by atoms with van der Waals surface area (Å²) in [4.78, 5) is 15.1. The fourth-order valence-electron chi connectivity index (χ4n) is 1.38.